The fourth-order valence-electron chi connectivity index (χ4n) is 3.10. The lowest BCUT2D eigenvalue weighted by Gasteiger charge is -2.22. The molecule has 3 rings (SSSR count). The summed E-state index contributed by atoms with van der Waals surface area (Å²) in [5.74, 6) is 0.639. The summed E-state index contributed by atoms with van der Waals surface area (Å²) in [5.41, 5.74) is 2.97. The molecule has 3 heteroatoms. The van der Waals surface area contributed by atoms with Crippen molar-refractivity contribution in [2.45, 2.75) is 38.0 Å². The van der Waals surface area contributed by atoms with Crippen LogP contribution >= 0.6 is 22.6 Å². The van der Waals surface area contributed by atoms with Crippen LogP contribution in [-0.2, 0) is 0 Å². The Morgan fingerprint density at radius 1 is 0.955 bits per heavy atom. The minimum atomic E-state index is -0.0423. The SMILES string of the molecule is O=C(Nc1ccccc1I)c1ccc(C2CCCCC2)cc1. The normalized spacial score (nSPS) is 15.5. The first-order valence-electron chi connectivity index (χ1n) is 7.90. The molecule has 1 aliphatic carbocycles. The molecule has 0 radical (unpaired) electrons. The van der Waals surface area contributed by atoms with E-state index in [-0.39, 0.29) is 5.91 Å². The van der Waals surface area contributed by atoms with Crippen LogP contribution in [0.1, 0.15) is 53.9 Å². The van der Waals surface area contributed by atoms with Gasteiger partial charge in [0.25, 0.3) is 5.91 Å². The van der Waals surface area contributed by atoms with Gasteiger partial charge in [-0.1, -0.05) is 43.5 Å². The zero-order valence-corrected chi connectivity index (χ0v) is 14.7. The average molecular weight is 405 g/mol. The smallest absolute Gasteiger partial charge is 0.255 e. The van der Waals surface area contributed by atoms with Crippen molar-refractivity contribution >= 4 is 34.2 Å². The number of halogens is 1. The Morgan fingerprint density at radius 2 is 1.64 bits per heavy atom. The van der Waals surface area contributed by atoms with Crippen molar-refractivity contribution < 1.29 is 4.79 Å². The second kappa shape index (κ2) is 7.27. The Balaban J connectivity index is 1.69. The zero-order valence-electron chi connectivity index (χ0n) is 12.5. The summed E-state index contributed by atoms with van der Waals surface area (Å²) < 4.78 is 1.05. The van der Waals surface area contributed by atoms with Crippen molar-refractivity contribution in [1.82, 2.24) is 0 Å². The Bertz CT molecular complexity index is 645. The third-order valence-corrected chi connectivity index (χ3v) is 5.31. The Kier molecular flexibility index (Phi) is 5.13. The molecule has 2 aromatic rings. The third-order valence-electron chi connectivity index (χ3n) is 4.37. The van der Waals surface area contributed by atoms with Crippen LogP contribution in [0.15, 0.2) is 48.5 Å². The predicted octanol–water partition coefficient (Wildman–Crippen LogP) is 5.59. The molecule has 1 saturated carbocycles. The van der Waals surface area contributed by atoms with Gasteiger partial charge in [0.1, 0.15) is 0 Å². The van der Waals surface area contributed by atoms with E-state index in [2.05, 4.69) is 40.0 Å². The maximum Gasteiger partial charge on any atom is 0.255 e. The first-order valence-corrected chi connectivity index (χ1v) is 8.98. The fraction of sp³-hybridized carbons (Fsp3) is 0.316. The molecule has 0 aliphatic heterocycles. The van der Waals surface area contributed by atoms with Gasteiger partial charge in [0.05, 0.1) is 5.69 Å². The van der Waals surface area contributed by atoms with Gasteiger partial charge in [0, 0.05) is 9.13 Å². The number of rotatable bonds is 3. The van der Waals surface area contributed by atoms with Gasteiger partial charge in [-0.25, -0.2) is 0 Å². The number of benzene rings is 2. The quantitative estimate of drug-likeness (QED) is 0.663. The Hall–Kier alpha value is -1.36. The number of nitrogens with one attached hydrogen (secondary N) is 1. The molecule has 1 N–H and O–H groups in total. The van der Waals surface area contributed by atoms with Crippen molar-refractivity contribution in [2.75, 3.05) is 5.32 Å². The summed E-state index contributed by atoms with van der Waals surface area (Å²) in [6, 6.07) is 16.0. The summed E-state index contributed by atoms with van der Waals surface area (Å²) in [6.07, 6.45) is 6.60. The van der Waals surface area contributed by atoms with Crippen molar-refractivity contribution in [3.63, 3.8) is 0 Å². The van der Waals surface area contributed by atoms with Crippen LogP contribution in [0.4, 0.5) is 5.69 Å². The van der Waals surface area contributed by atoms with E-state index in [0.29, 0.717) is 5.92 Å². The van der Waals surface area contributed by atoms with Gasteiger partial charge >= 0.3 is 0 Å². The molecule has 2 aromatic carbocycles. The Morgan fingerprint density at radius 3 is 2.32 bits per heavy atom. The van der Waals surface area contributed by atoms with Gasteiger partial charge < -0.3 is 5.32 Å². The van der Waals surface area contributed by atoms with Crippen LogP contribution in [0.2, 0.25) is 0 Å². The molecule has 114 valence electrons. The molecule has 1 fully saturated rings. The van der Waals surface area contributed by atoms with Gasteiger partial charge in [-0.3, -0.25) is 4.79 Å². The highest BCUT2D eigenvalue weighted by Gasteiger charge is 2.16. The van der Waals surface area contributed by atoms with Crippen molar-refractivity contribution in [1.29, 1.82) is 0 Å². The largest absolute Gasteiger partial charge is 0.321 e. The van der Waals surface area contributed by atoms with E-state index in [4.69, 9.17) is 0 Å². The fourth-order valence-corrected chi connectivity index (χ4v) is 3.62. The van der Waals surface area contributed by atoms with Crippen LogP contribution in [0.5, 0.6) is 0 Å². The van der Waals surface area contributed by atoms with Crippen LogP contribution < -0.4 is 5.32 Å². The molecule has 0 heterocycles. The minimum absolute atomic E-state index is 0.0423. The van der Waals surface area contributed by atoms with Gasteiger partial charge in [0.15, 0.2) is 0 Å². The molecule has 0 unspecified atom stereocenters. The predicted molar refractivity (Wildman–Crippen MR) is 99.4 cm³/mol. The molecular formula is C19H20INO. The molecule has 1 amide bonds. The van der Waals surface area contributed by atoms with E-state index in [0.717, 1.165) is 14.8 Å². The maximum absolute atomic E-state index is 12.3. The first-order chi connectivity index (χ1) is 10.7. The lowest BCUT2D eigenvalue weighted by atomic mass is 9.84. The van der Waals surface area contributed by atoms with Gasteiger partial charge in [0.2, 0.25) is 0 Å². The van der Waals surface area contributed by atoms with E-state index >= 15 is 0 Å². The number of hydrogen-bond donors (Lipinski definition) is 1. The number of amides is 1. The number of anilines is 1. The summed E-state index contributed by atoms with van der Waals surface area (Å²) in [4.78, 5) is 12.3. The minimum Gasteiger partial charge on any atom is -0.321 e. The highest BCUT2D eigenvalue weighted by molar-refractivity contribution is 14.1. The summed E-state index contributed by atoms with van der Waals surface area (Å²) in [6.45, 7) is 0. The van der Waals surface area contributed by atoms with E-state index in [1.165, 1.54) is 37.7 Å². The van der Waals surface area contributed by atoms with Crippen LogP contribution in [0.3, 0.4) is 0 Å². The number of para-hydroxylation sites is 1. The molecule has 2 nitrogen and oxygen atoms in total. The van der Waals surface area contributed by atoms with E-state index in [1.54, 1.807) is 0 Å². The third kappa shape index (κ3) is 3.69. The maximum atomic E-state index is 12.3. The van der Waals surface area contributed by atoms with E-state index in [9.17, 15) is 4.79 Å². The molecule has 0 bridgehead atoms. The topological polar surface area (TPSA) is 29.1 Å². The van der Waals surface area contributed by atoms with E-state index in [1.807, 2.05) is 36.4 Å². The zero-order chi connectivity index (χ0) is 15.4. The monoisotopic (exact) mass is 405 g/mol. The van der Waals surface area contributed by atoms with Gasteiger partial charge in [-0.05, 0) is 71.2 Å². The second-order valence-corrected chi connectivity index (χ2v) is 7.05. The molecule has 0 saturated heterocycles. The number of carbonyl (C=O) groups is 1. The average Bonchev–Trinajstić information content (AvgIpc) is 2.58. The van der Waals surface area contributed by atoms with Crippen molar-refractivity contribution in [3.8, 4) is 0 Å². The summed E-state index contributed by atoms with van der Waals surface area (Å²) >= 11 is 2.23. The highest BCUT2D eigenvalue weighted by Crippen LogP contribution is 2.32. The molecule has 0 aromatic heterocycles. The highest BCUT2D eigenvalue weighted by atomic mass is 127. The van der Waals surface area contributed by atoms with Gasteiger partial charge in [-0.2, -0.15) is 0 Å². The number of carbonyl (C=O) groups excluding carboxylic acids is 1. The lowest BCUT2D eigenvalue weighted by Crippen LogP contribution is -2.13. The van der Waals surface area contributed by atoms with Crippen molar-refractivity contribution in [3.05, 3.63) is 63.2 Å². The molecule has 0 spiro atoms. The van der Waals surface area contributed by atoms with Crippen LogP contribution in [0.25, 0.3) is 0 Å². The summed E-state index contributed by atoms with van der Waals surface area (Å²) in [7, 11) is 0. The molecule has 1 aliphatic rings. The second-order valence-electron chi connectivity index (χ2n) is 5.89. The Labute approximate surface area is 145 Å². The van der Waals surface area contributed by atoms with Crippen LogP contribution in [-0.4, -0.2) is 5.91 Å². The van der Waals surface area contributed by atoms with Crippen LogP contribution in [0, 0.1) is 3.57 Å². The number of hydrogen-bond acceptors (Lipinski definition) is 1. The van der Waals surface area contributed by atoms with E-state index < -0.39 is 0 Å². The summed E-state index contributed by atoms with van der Waals surface area (Å²) in [5, 5.41) is 2.98. The van der Waals surface area contributed by atoms with Gasteiger partial charge in [-0.15, -0.1) is 0 Å². The standard InChI is InChI=1S/C19H20INO/c20-17-8-4-5-9-18(17)21-19(22)16-12-10-15(11-13-16)14-6-2-1-3-7-14/h4-5,8-14H,1-3,6-7H2,(H,21,22). The van der Waals surface area contributed by atoms with Crippen molar-refractivity contribution in [2.24, 2.45) is 0 Å². The molecule has 0 atom stereocenters. The molecular weight excluding hydrogens is 385 g/mol. The molecule has 22 heavy (non-hydrogen) atoms. The first kappa shape index (κ1) is 15.5. The lowest BCUT2D eigenvalue weighted by molar-refractivity contribution is 0.102.